The first kappa shape index (κ1) is 51.4. The number of benzene rings is 11. The van der Waals surface area contributed by atoms with Crippen LogP contribution in [0.2, 0.25) is 0 Å². The van der Waals surface area contributed by atoms with Crippen molar-refractivity contribution in [2.75, 3.05) is 9.80 Å². The summed E-state index contributed by atoms with van der Waals surface area (Å²) < 4.78 is 0. The average Bonchev–Trinajstić information content (AvgIpc) is 2.24. The zero-order valence-electron chi connectivity index (χ0n) is 49.2. The second-order valence-corrected chi connectivity index (χ2v) is 34.3. The van der Waals surface area contributed by atoms with Gasteiger partial charge < -0.3 is 9.80 Å². The second-order valence-electron chi connectivity index (χ2n) is 26.8. The van der Waals surface area contributed by atoms with E-state index in [0.29, 0.717) is 0 Å². The molecule has 2 nitrogen and oxygen atoms in total. The molecule has 5 heteroatoms. The van der Waals surface area contributed by atoms with Crippen LogP contribution in [0.25, 0.3) is 22.3 Å². The first-order chi connectivity index (χ1) is 40.1. The fraction of sp³-hybridized carbons (Fsp3) is 0.154. The third-order valence-electron chi connectivity index (χ3n) is 19.1. The summed E-state index contributed by atoms with van der Waals surface area (Å²) in [5, 5.41) is 11.4. The second kappa shape index (κ2) is 18.5. The van der Waals surface area contributed by atoms with Crippen LogP contribution in [0.1, 0.15) is 79.0 Å². The summed E-state index contributed by atoms with van der Waals surface area (Å²) in [6.07, 6.45) is 0. The van der Waals surface area contributed by atoms with Crippen molar-refractivity contribution in [3.63, 3.8) is 0 Å². The molecule has 402 valence electrons. The Kier molecular flexibility index (Phi) is 11.5. The molecule has 11 aromatic rings. The summed E-state index contributed by atoms with van der Waals surface area (Å²) >= 11 is 0. The summed E-state index contributed by atoms with van der Waals surface area (Å²) in [4.78, 5) is 5.37. The third-order valence-corrected chi connectivity index (χ3v) is 28.8. The molecule has 0 radical (unpaired) electrons. The van der Waals surface area contributed by atoms with Gasteiger partial charge in [0.2, 0.25) is 0 Å². The molecule has 15 rings (SSSR count). The summed E-state index contributed by atoms with van der Waals surface area (Å²) in [5.41, 5.74) is 20.4. The van der Waals surface area contributed by atoms with Gasteiger partial charge in [-0.3, -0.25) is 0 Å². The van der Waals surface area contributed by atoms with Gasteiger partial charge in [-0.15, -0.1) is 0 Å². The van der Waals surface area contributed by atoms with E-state index >= 15 is 0 Å². The Hall–Kier alpha value is -8.48. The first-order valence-electron chi connectivity index (χ1n) is 29.9. The Morgan fingerprint density at radius 1 is 0.277 bits per heavy atom. The third kappa shape index (κ3) is 7.53. The predicted octanol–water partition coefficient (Wildman–Crippen LogP) is 12.4. The van der Waals surface area contributed by atoms with Gasteiger partial charge in [0.1, 0.15) is 0 Å². The Labute approximate surface area is 493 Å². The van der Waals surface area contributed by atoms with Gasteiger partial charge in [-0.05, 0) is 162 Å². The van der Waals surface area contributed by atoms with E-state index in [1.807, 2.05) is 0 Å². The first-order valence-corrected chi connectivity index (χ1v) is 33.9. The zero-order valence-corrected chi connectivity index (χ0v) is 51.2. The number of hydrogen-bond donors (Lipinski definition) is 0. The maximum atomic E-state index is 2.68. The van der Waals surface area contributed by atoms with Gasteiger partial charge in [0.25, 0.3) is 6.71 Å². The molecule has 4 aliphatic rings. The van der Waals surface area contributed by atoms with Crippen molar-refractivity contribution in [2.24, 2.45) is 0 Å². The molecule has 0 unspecified atom stereocenters. The summed E-state index contributed by atoms with van der Waals surface area (Å²) in [6.45, 7) is 21.4. The Morgan fingerprint density at radius 3 is 0.952 bits per heavy atom. The van der Waals surface area contributed by atoms with Crippen LogP contribution in [-0.4, -0.2) is 22.9 Å². The van der Waals surface area contributed by atoms with Crippen LogP contribution >= 0.6 is 0 Å². The highest BCUT2D eigenvalue weighted by atomic mass is 28.3. The van der Waals surface area contributed by atoms with Gasteiger partial charge in [-0.2, -0.15) is 0 Å². The number of hydrogen-bond acceptors (Lipinski definition) is 2. The Balaban J connectivity index is 1.04. The molecule has 0 spiro atoms. The summed E-state index contributed by atoms with van der Waals surface area (Å²) in [7, 11) is -5.70. The van der Waals surface area contributed by atoms with Crippen LogP contribution in [0, 0.1) is 0 Å². The van der Waals surface area contributed by atoms with Crippen LogP contribution in [0.15, 0.2) is 255 Å². The van der Waals surface area contributed by atoms with Crippen molar-refractivity contribution in [3.05, 3.63) is 271 Å². The smallest absolute Gasteiger partial charge is 0.252 e. The molecule has 0 saturated heterocycles. The van der Waals surface area contributed by atoms with Crippen molar-refractivity contribution >= 4 is 115 Å². The lowest BCUT2D eigenvalue weighted by atomic mass is 9.33. The Morgan fingerprint density at radius 2 is 0.602 bits per heavy atom. The van der Waals surface area contributed by atoms with Gasteiger partial charge in [-0.25, -0.2) is 0 Å². The van der Waals surface area contributed by atoms with Crippen LogP contribution < -0.4 is 67.7 Å². The highest BCUT2D eigenvalue weighted by molar-refractivity contribution is 7.23. The topological polar surface area (TPSA) is 6.48 Å². The van der Waals surface area contributed by atoms with E-state index in [-0.39, 0.29) is 23.0 Å². The molecule has 0 N–H and O–H groups in total. The van der Waals surface area contributed by atoms with Gasteiger partial charge in [0.15, 0.2) is 16.1 Å². The molecule has 83 heavy (non-hydrogen) atoms. The number of nitrogens with zero attached hydrogens (tertiary/aromatic N) is 2. The largest absolute Gasteiger partial charge is 0.311 e. The highest BCUT2D eigenvalue weighted by Gasteiger charge is 2.52. The van der Waals surface area contributed by atoms with Crippen molar-refractivity contribution < 1.29 is 0 Å². The number of anilines is 6. The standard InChI is InChI=1S/C78H69BN2Si2/c1-76(2,3)52-38-44-67-65(46-52)79-66-47-53(77(4,5)6)39-45-68(66)81(56-41-43-64-62-35-23-25-37-72(62)83(74(64)51-56,59-30-18-12-19-31-59)60-32-20-13-21-33-60)70-49-54(78(7,8)9)48-69(75(70)79)80(67)55-40-42-63-61-34-22-24-36-71(61)82(73(63)50-55,57-26-14-10-15-27-57)58-28-16-11-17-29-58/h10-51H,1-9H3. The van der Waals surface area contributed by atoms with Gasteiger partial charge in [0.05, 0.1) is 0 Å². The molecule has 0 saturated carbocycles. The summed E-state index contributed by atoms with van der Waals surface area (Å²) in [5.74, 6) is 0. The quantitative estimate of drug-likeness (QED) is 0.153. The minimum absolute atomic E-state index is 0.0438. The monoisotopic (exact) mass is 1100 g/mol. The molecular formula is C78H69BN2Si2. The normalized spacial score (nSPS) is 14.9. The molecule has 0 aliphatic carbocycles. The van der Waals surface area contributed by atoms with Crippen molar-refractivity contribution in [2.45, 2.75) is 78.6 Å². The molecule has 11 aromatic carbocycles. The van der Waals surface area contributed by atoms with E-state index in [2.05, 4.69) is 327 Å². The fourth-order valence-electron chi connectivity index (χ4n) is 15.1. The number of rotatable bonds is 6. The summed E-state index contributed by atoms with van der Waals surface area (Å²) in [6, 6.07) is 99.6. The lowest BCUT2D eigenvalue weighted by Crippen LogP contribution is -2.72. The van der Waals surface area contributed by atoms with E-state index in [1.165, 1.54) is 131 Å². The molecule has 0 amide bonds. The van der Waals surface area contributed by atoms with Crippen LogP contribution in [0.5, 0.6) is 0 Å². The van der Waals surface area contributed by atoms with Gasteiger partial charge >= 0.3 is 0 Å². The van der Waals surface area contributed by atoms with Crippen LogP contribution in [-0.2, 0) is 16.2 Å². The van der Waals surface area contributed by atoms with Gasteiger partial charge in [0, 0.05) is 34.1 Å². The molecule has 0 atom stereocenters. The van der Waals surface area contributed by atoms with Crippen molar-refractivity contribution in [1.29, 1.82) is 0 Å². The maximum Gasteiger partial charge on any atom is 0.252 e. The SMILES string of the molecule is CC(C)(C)c1ccc2c(c1)B1c3cc(C(C)(C)C)ccc3N(c3ccc4c(c3)[Si](c3ccccc3)(c3ccccc3)c3ccccc3-4)c3cc(C(C)(C)C)cc(c31)N2c1ccc2c(c1)[Si](c1ccccc1)(c1ccccc1)c1ccccc1-2. The van der Waals surface area contributed by atoms with E-state index in [4.69, 9.17) is 0 Å². The van der Waals surface area contributed by atoms with E-state index < -0.39 is 16.1 Å². The lowest BCUT2D eigenvalue weighted by Gasteiger charge is -2.46. The zero-order chi connectivity index (χ0) is 56.8. The maximum absolute atomic E-state index is 2.85. The highest BCUT2D eigenvalue weighted by Crippen LogP contribution is 2.48. The minimum atomic E-state index is -2.85. The molecule has 0 aromatic heterocycles. The van der Waals surface area contributed by atoms with Gasteiger partial charge in [-0.1, -0.05) is 269 Å². The minimum Gasteiger partial charge on any atom is -0.311 e. The molecule has 4 aliphatic heterocycles. The lowest BCUT2D eigenvalue weighted by molar-refractivity contribution is 0.590. The Bertz CT molecular complexity index is 4050. The molecule has 0 fully saturated rings. The van der Waals surface area contributed by atoms with Crippen LogP contribution in [0.4, 0.5) is 34.1 Å². The van der Waals surface area contributed by atoms with E-state index in [9.17, 15) is 0 Å². The fourth-order valence-corrected chi connectivity index (χ4v) is 25.5. The molecular weight excluding hydrogens is 1030 g/mol. The average molecular weight is 1100 g/mol. The van der Waals surface area contributed by atoms with E-state index in [0.717, 1.165) is 0 Å². The predicted molar refractivity (Wildman–Crippen MR) is 362 cm³/mol. The molecule has 0 bridgehead atoms. The van der Waals surface area contributed by atoms with Crippen molar-refractivity contribution in [1.82, 2.24) is 0 Å². The molecule has 4 heterocycles. The van der Waals surface area contributed by atoms with Crippen molar-refractivity contribution in [3.8, 4) is 22.3 Å². The number of fused-ring (bicyclic) bond motifs is 10. The van der Waals surface area contributed by atoms with E-state index in [1.54, 1.807) is 0 Å². The van der Waals surface area contributed by atoms with Crippen LogP contribution in [0.3, 0.4) is 0 Å².